The number of hydrazone groups is 1. The van der Waals surface area contributed by atoms with Crippen LogP contribution < -0.4 is 5.43 Å². The molecule has 0 saturated carbocycles. The molecule has 0 aliphatic rings. The molecule has 0 saturated heterocycles. The minimum atomic E-state index is -0.253. The highest BCUT2D eigenvalue weighted by atomic mass is 35.5. The van der Waals surface area contributed by atoms with E-state index in [-0.39, 0.29) is 5.91 Å². The lowest BCUT2D eigenvalue weighted by atomic mass is 10.0. The molecule has 1 amide bonds. The maximum Gasteiger partial charge on any atom is 0.271 e. The van der Waals surface area contributed by atoms with Gasteiger partial charge in [0, 0.05) is 16.1 Å². The summed E-state index contributed by atoms with van der Waals surface area (Å²) in [5.41, 5.74) is 7.19. The van der Waals surface area contributed by atoms with Crippen molar-refractivity contribution in [3.63, 3.8) is 0 Å². The Morgan fingerprint density at radius 2 is 1.76 bits per heavy atom. The summed E-state index contributed by atoms with van der Waals surface area (Å²) in [4.78, 5) is 12.0. The Morgan fingerprint density at radius 1 is 1.10 bits per heavy atom. The van der Waals surface area contributed by atoms with Crippen LogP contribution in [-0.2, 0) is 0 Å². The maximum absolute atomic E-state index is 12.0. The van der Waals surface area contributed by atoms with Crippen molar-refractivity contribution in [2.45, 2.75) is 20.8 Å². The van der Waals surface area contributed by atoms with Crippen LogP contribution in [0.25, 0.3) is 0 Å². The second kappa shape index (κ2) is 6.55. The van der Waals surface area contributed by atoms with Crippen LogP contribution in [-0.4, -0.2) is 11.6 Å². The number of nitrogens with one attached hydrogen (secondary N) is 1. The lowest BCUT2D eigenvalue weighted by Crippen LogP contribution is -2.19. The summed E-state index contributed by atoms with van der Waals surface area (Å²) in [5, 5.41) is 4.78. The van der Waals surface area contributed by atoms with E-state index < -0.39 is 0 Å². The van der Waals surface area contributed by atoms with Crippen LogP contribution in [0.1, 0.15) is 34.0 Å². The van der Waals surface area contributed by atoms with E-state index in [1.165, 1.54) is 0 Å². The van der Waals surface area contributed by atoms with Crippen molar-refractivity contribution in [1.29, 1.82) is 0 Å². The zero-order valence-corrected chi connectivity index (χ0v) is 13.0. The fourth-order valence-corrected chi connectivity index (χ4v) is 2.11. The fourth-order valence-electron chi connectivity index (χ4n) is 1.99. The van der Waals surface area contributed by atoms with Gasteiger partial charge in [0.25, 0.3) is 5.91 Å². The van der Waals surface area contributed by atoms with Gasteiger partial charge in [0.15, 0.2) is 0 Å². The number of amides is 1. The van der Waals surface area contributed by atoms with Crippen LogP contribution in [0.2, 0.25) is 5.02 Å². The number of carbonyl (C=O) groups is 1. The average Bonchev–Trinajstić information content (AvgIpc) is 2.47. The van der Waals surface area contributed by atoms with E-state index >= 15 is 0 Å². The predicted molar refractivity (Wildman–Crippen MR) is 87.0 cm³/mol. The molecule has 0 aliphatic heterocycles. The first-order chi connectivity index (χ1) is 9.97. The quantitative estimate of drug-likeness (QED) is 0.672. The summed E-state index contributed by atoms with van der Waals surface area (Å²) in [7, 11) is 0. The first-order valence-electron chi connectivity index (χ1n) is 6.65. The summed E-state index contributed by atoms with van der Waals surface area (Å²) in [6, 6.07) is 12.8. The molecular weight excluding hydrogens is 284 g/mol. The zero-order valence-electron chi connectivity index (χ0n) is 12.3. The third-order valence-corrected chi connectivity index (χ3v) is 3.47. The van der Waals surface area contributed by atoms with E-state index in [0.29, 0.717) is 10.6 Å². The van der Waals surface area contributed by atoms with Gasteiger partial charge < -0.3 is 0 Å². The summed E-state index contributed by atoms with van der Waals surface area (Å²) in [6.07, 6.45) is 0. The van der Waals surface area contributed by atoms with Crippen LogP contribution >= 0.6 is 11.6 Å². The Hall–Kier alpha value is -2.13. The standard InChI is InChI=1S/C17H17ClN2O/c1-11-4-5-12(2)16(10-11)13(3)19-20-17(21)14-6-8-15(18)9-7-14/h4-10H,1-3H3,(H,20,21)/b19-13-. The fraction of sp³-hybridized carbons (Fsp3) is 0.176. The average molecular weight is 301 g/mol. The summed E-state index contributed by atoms with van der Waals surface area (Å²) >= 11 is 5.80. The number of hydrogen-bond donors (Lipinski definition) is 1. The van der Waals surface area contributed by atoms with Crippen molar-refractivity contribution in [3.05, 3.63) is 69.7 Å². The summed E-state index contributed by atoms with van der Waals surface area (Å²) in [6.45, 7) is 5.93. The molecule has 0 radical (unpaired) electrons. The smallest absolute Gasteiger partial charge is 0.267 e. The SMILES string of the molecule is C/C(=N/NC(=O)c1ccc(Cl)cc1)c1cc(C)ccc1C. The molecule has 0 unspecified atom stereocenters. The van der Waals surface area contributed by atoms with Crippen molar-refractivity contribution in [2.24, 2.45) is 5.10 Å². The minimum Gasteiger partial charge on any atom is -0.267 e. The highest BCUT2D eigenvalue weighted by Crippen LogP contribution is 2.12. The van der Waals surface area contributed by atoms with Crippen LogP contribution in [0.3, 0.4) is 0 Å². The number of halogens is 1. The Labute approximate surface area is 129 Å². The van der Waals surface area contributed by atoms with E-state index in [4.69, 9.17) is 11.6 Å². The Balaban J connectivity index is 2.14. The van der Waals surface area contributed by atoms with Crippen LogP contribution in [0.15, 0.2) is 47.6 Å². The molecule has 2 aromatic carbocycles. The number of rotatable bonds is 3. The highest BCUT2D eigenvalue weighted by molar-refractivity contribution is 6.30. The topological polar surface area (TPSA) is 41.5 Å². The maximum atomic E-state index is 12.0. The largest absolute Gasteiger partial charge is 0.271 e. The molecule has 0 atom stereocenters. The van der Waals surface area contributed by atoms with E-state index in [0.717, 1.165) is 22.4 Å². The zero-order chi connectivity index (χ0) is 15.4. The number of nitrogens with zero attached hydrogens (tertiary/aromatic N) is 1. The molecule has 0 bridgehead atoms. The van der Waals surface area contributed by atoms with Gasteiger partial charge in [0.2, 0.25) is 0 Å². The monoisotopic (exact) mass is 300 g/mol. The molecule has 1 N–H and O–H groups in total. The van der Waals surface area contributed by atoms with Gasteiger partial charge >= 0.3 is 0 Å². The molecule has 0 aromatic heterocycles. The molecule has 108 valence electrons. The molecule has 0 aliphatic carbocycles. The normalized spacial score (nSPS) is 11.3. The van der Waals surface area contributed by atoms with E-state index in [2.05, 4.69) is 22.7 Å². The van der Waals surface area contributed by atoms with Gasteiger partial charge in [-0.05, 0) is 56.7 Å². The van der Waals surface area contributed by atoms with Gasteiger partial charge in [-0.1, -0.05) is 29.3 Å². The van der Waals surface area contributed by atoms with E-state index in [9.17, 15) is 4.79 Å². The van der Waals surface area contributed by atoms with Crippen molar-refractivity contribution in [3.8, 4) is 0 Å². The number of aryl methyl sites for hydroxylation is 2. The Morgan fingerprint density at radius 3 is 2.43 bits per heavy atom. The van der Waals surface area contributed by atoms with Crippen molar-refractivity contribution >= 4 is 23.2 Å². The second-order valence-electron chi connectivity index (χ2n) is 4.96. The van der Waals surface area contributed by atoms with Gasteiger partial charge in [0.05, 0.1) is 5.71 Å². The van der Waals surface area contributed by atoms with Gasteiger partial charge in [-0.3, -0.25) is 4.79 Å². The first-order valence-corrected chi connectivity index (χ1v) is 7.03. The van der Waals surface area contributed by atoms with Gasteiger partial charge in [-0.25, -0.2) is 5.43 Å². The van der Waals surface area contributed by atoms with Crippen molar-refractivity contribution in [2.75, 3.05) is 0 Å². The number of benzene rings is 2. The molecular formula is C17H17ClN2O. The molecule has 0 fully saturated rings. The third-order valence-electron chi connectivity index (χ3n) is 3.21. The molecule has 4 heteroatoms. The van der Waals surface area contributed by atoms with Crippen molar-refractivity contribution in [1.82, 2.24) is 5.43 Å². The Kier molecular flexibility index (Phi) is 4.76. The van der Waals surface area contributed by atoms with Gasteiger partial charge in [-0.2, -0.15) is 5.10 Å². The van der Waals surface area contributed by atoms with Crippen LogP contribution in [0.4, 0.5) is 0 Å². The minimum absolute atomic E-state index is 0.253. The van der Waals surface area contributed by atoms with E-state index in [1.807, 2.05) is 26.8 Å². The lowest BCUT2D eigenvalue weighted by Gasteiger charge is -2.07. The molecule has 0 spiro atoms. The molecule has 21 heavy (non-hydrogen) atoms. The highest BCUT2D eigenvalue weighted by Gasteiger charge is 2.06. The predicted octanol–water partition coefficient (Wildman–Crippen LogP) is 4.11. The van der Waals surface area contributed by atoms with E-state index in [1.54, 1.807) is 24.3 Å². The lowest BCUT2D eigenvalue weighted by molar-refractivity contribution is 0.0955. The summed E-state index contributed by atoms with van der Waals surface area (Å²) in [5.74, 6) is -0.253. The molecule has 2 aromatic rings. The van der Waals surface area contributed by atoms with Crippen LogP contribution in [0, 0.1) is 13.8 Å². The number of carbonyl (C=O) groups excluding carboxylic acids is 1. The number of hydrogen-bond acceptors (Lipinski definition) is 2. The molecule has 2 rings (SSSR count). The first kappa shape index (κ1) is 15.3. The van der Waals surface area contributed by atoms with Gasteiger partial charge in [0.1, 0.15) is 0 Å². The van der Waals surface area contributed by atoms with Crippen LogP contribution in [0.5, 0.6) is 0 Å². The third kappa shape index (κ3) is 3.92. The van der Waals surface area contributed by atoms with Gasteiger partial charge in [-0.15, -0.1) is 0 Å². The van der Waals surface area contributed by atoms with Crippen molar-refractivity contribution < 1.29 is 4.79 Å². The summed E-state index contributed by atoms with van der Waals surface area (Å²) < 4.78 is 0. The molecule has 0 heterocycles. The second-order valence-corrected chi connectivity index (χ2v) is 5.40. The molecule has 3 nitrogen and oxygen atoms in total. The Bertz CT molecular complexity index is 690.